The number of likely N-dealkylation sites (N-methyl/N-ethyl adjacent to an activating group) is 1. The van der Waals surface area contributed by atoms with E-state index < -0.39 is 6.36 Å². The molecule has 0 fully saturated rings. The van der Waals surface area contributed by atoms with E-state index in [9.17, 15) is 13.2 Å². The lowest BCUT2D eigenvalue weighted by Gasteiger charge is -2.30. The summed E-state index contributed by atoms with van der Waals surface area (Å²) in [7, 11) is 0. The van der Waals surface area contributed by atoms with Crippen LogP contribution in [0, 0.1) is 0 Å². The lowest BCUT2D eigenvalue weighted by atomic mass is 10.0. The zero-order chi connectivity index (χ0) is 15.9. The average Bonchev–Trinajstić information content (AvgIpc) is 2.43. The first-order valence-electron chi connectivity index (χ1n) is 7.21. The van der Waals surface area contributed by atoms with Gasteiger partial charge in [0.25, 0.3) is 0 Å². The first-order valence-corrected chi connectivity index (χ1v) is 7.21. The Morgan fingerprint density at radius 3 is 2.24 bits per heavy atom. The molecule has 1 aromatic carbocycles. The summed E-state index contributed by atoms with van der Waals surface area (Å²) in [6.07, 6.45) is -2.50. The van der Waals surface area contributed by atoms with Crippen molar-refractivity contribution in [2.45, 2.75) is 39.1 Å². The molecule has 0 aromatic heterocycles. The molecule has 120 valence electrons. The quantitative estimate of drug-likeness (QED) is 0.795. The molecule has 0 saturated carbocycles. The van der Waals surface area contributed by atoms with Crippen molar-refractivity contribution in [3.8, 4) is 5.75 Å². The zero-order valence-electron chi connectivity index (χ0n) is 12.5. The average molecular weight is 304 g/mol. The van der Waals surface area contributed by atoms with Gasteiger partial charge in [-0.3, -0.25) is 4.90 Å². The second-order valence-electron chi connectivity index (χ2n) is 4.85. The number of rotatable bonds is 8. The van der Waals surface area contributed by atoms with Gasteiger partial charge < -0.3 is 10.5 Å². The van der Waals surface area contributed by atoms with E-state index in [1.165, 1.54) is 12.1 Å². The number of hydrogen-bond acceptors (Lipinski definition) is 3. The van der Waals surface area contributed by atoms with Gasteiger partial charge in [0.05, 0.1) is 0 Å². The van der Waals surface area contributed by atoms with Gasteiger partial charge in [0.2, 0.25) is 0 Å². The highest BCUT2D eigenvalue weighted by Crippen LogP contribution is 2.26. The topological polar surface area (TPSA) is 38.5 Å². The molecule has 1 atom stereocenters. The summed E-state index contributed by atoms with van der Waals surface area (Å²) in [6, 6.07) is 5.97. The van der Waals surface area contributed by atoms with Crippen molar-refractivity contribution in [2.24, 2.45) is 5.73 Å². The van der Waals surface area contributed by atoms with Gasteiger partial charge in [0.15, 0.2) is 0 Å². The van der Waals surface area contributed by atoms with E-state index in [1.807, 2.05) is 0 Å². The van der Waals surface area contributed by atoms with Crippen LogP contribution in [-0.2, 0) is 0 Å². The molecule has 0 heterocycles. The molecule has 0 aliphatic rings. The first kappa shape index (κ1) is 17.8. The number of ether oxygens (including phenoxy) is 1. The van der Waals surface area contributed by atoms with Crippen LogP contribution in [0.5, 0.6) is 5.75 Å². The van der Waals surface area contributed by atoms with E-state index in [-0.39, 0.29) is 11.8 Å². The number of nitrogens with zero attached hydrogens (tertiary/aromatic N) is 1. The predicted molar refractivity (Wildman–Crippen MR) is 77.1 cm³/mol. The van der Waals surface area contributed by atoms with Crippen molar-refractivity contribution in [3.05, 3.63) is 29.8 Å². The van der Waals surface area contributed by atoms with E-state index >= 15 is 0 Å². The second kappa shape index (κ2) is 8.24. The molecule has 2 N–H and O–H groups in total. The van der Waals surface area contributed by atoms with Crippen LogP contribution in [0.4, 0.5) is 13.2 Å². The van der Waals surface area contributed by atoms with Crippen molar-refractivity contribution >= 4 is 0 Å². The monoisotopic (exact) mass is 304 g/mol. The maximum atomic E-state index is 12.1. The fourth-order valence-corrected chi connectivity index (χ4v) is 2.28. The minimum absolute atomic E-state index is 0.0153. The van der Waals surface area contributed by atoms with Gasteiger partial charge in [0, 0.05) is 12.6 Å². The van der Waals surface area contributed by atoms with Crippen LogP contribution in [-0.4, -0.2) is 30.9 Å². The highest BCUT2D eigenvalue weighted by Gasteiger charge is 2.31. The van der Waals surface area contributed by atoms with Gasteiger partial charge >= 0.3 is 6.36 Å². The van der Waals surface area contributed by atoms with Crippen molar-refractivity contribution in [3.63, 3.8) is 0 Å². The molecule has 1 rings (SSSR count). The summed E-state index contributed by atoms with van der Waals surface area (Å²) < 4.78 is 40.3. The van der Waals surface area contributed by atoms with E-state index in [0.29, 0.717) is 6.54 Å². The summed E-state index contributed by atoms with van der Waals surface area (Å²) in [5.74, 6) is -0.210. The largest absolute Gasteiger partial charge is 0.573 e. The number of nitrogens with two attached hydrogens (primary N) is 1. The van der Waals surface area contributed by atoms with Gasteiger partial charge in [-0.05, 0) is 37.2 Å². The smallest absolute Gasteiger partial charge is 0.406 e. The Bertz CT molecular complexity index is 406. The highest BCUT2D eigenvalue weighted by atomic mass is 19.4. The summed E-state index contributed by atoms with van der Waals surface area (Å²) in [4.78, 5) is 2.24. The minimum atomic E-state index is -4.66. The third-order valence-corrected chi connectivity index (χ3v) is 3.37. The molecule has 1 aromatic rings. The molecule has 0 aliphatic carbocycles. The molecule has 1 unspecified atom stereocenters. The van der Waals surface area contributed by atoms with Gasteiger partial charge in [-0.25, -0.2) is 0 Å². The van der Waals surface area contributed by atoms with Crippen molar-refractivity contribution in [2.75, 3.05) is 19.6 Å². The fourth-order valence-electron chi connectivity index (χ4n) is 2.28. The molecule has 0 spiro atoms. The van der Waals surface area contributed by atoms with Crippen molar-refractivity contribution in [1.82, 2.24) is 4.90 Å². The summed E-state index contributed by atoms with van der Waals surface area (Å²) in [5, 5.41) is 0. The van der Waals surface area contributed by atoms with Crippen molar-refractivity contribution in [1.29, 1.82) is 0 Å². The van der Waals surface area contributed by atoms with Crippen LogP contribution < -0.4 is 10.5 Å². The standard InChI is InChI=1S/C15H23F3N2O/c1-3-5-10-20(4-2)14(11-19)12-6-8-13(9-7-12)21-15(16,17)18/h6-9,14H,3-5,10-11,19H2,1-2H3. The molecule has 3 nitrogen and oxygen atoms in total. The molecule has 0 radical (unpaired) electrons. The molecular formula is C15H23F3N2O. The van der Waals surface area contributed by atoms with E-state index in [2.05, 4.69) is 23.5 Å². The number of benzene rings is 1. The second-order valence-corrected chi connectivity index (χ2v) is 4.85. The third-order valence-electron chi connectivity index (χ3n) is 3.37. The number of hydrogen-bond donors (Lipinski definition) is 1. The normalized spacial score (nSPS) is 13.5. The number of halogens is 3. The number of unbranched alkanes of at least 4 members (excludes halogenated alkanes) is 1. The molecule has 0 bridgehead atoms. The van der Waals surface area contributed by atoms with E-state index in [4.69, 9.17) is 5.73 Å². The third kappa shape index (κ3) is 5.93. The Kier molecular flexibility index (Phi) is 6.98. The van der Waals surface area contributed by atoms with Gasteiger partial charge in [-0.2, -0.15) is 0 Å². The fraction of sp³-hybridized carbons (Fsp3) is 0.600. The molecule has 0 aliphatic heterocycles. The molecule has 0 saturated heterocycles. The lowest BCUT2D eigenvalue weighted by molar-refractivity contribution is -0.274. The summed E-state index contributed by atoms with van der Waals surface area (Å²) in [6.45, 7) is 6.38. The van der Waals surface area contributed by atoms with Crippen LogP contribution >= 0.6 is 0 Å². The molecular weight excluding hydrogens is 281 g/mol. The number of alkyl halides is 3. The van der Waals surface area contributed by atoms with Crippen molar-refractivity contribution < 1.29 is 17.9 Å². The minimum Gasteiger partial charge on any atom is -0.406 e. The predicted octanol–water partition coefficient (Wildman–Crippen LogP) is 3.71. The zero-order valence-corrected chi connectivity index (χ0v) is 12.5. The Balaban J connectivity index is 2.81. The summed E-state index contributed by atoms with van der Waals surface area (Å²) in [5.41, 5.74) is 6.75. The van der Waals surface area contributed by atoms with Crippen LogP contribution in [0.2, 0.25) is 0 Å². The Morgan fingerprint density at radius 1 is 1.19 bits per heavy atom. The highest BCUT2D eigenvalue weighted by molar-refractivity contribution is 5.29. The van der Waals surface area contributed by atoms with Gasteiger partial charge in [0.1, 0.15) is 5.75 Å². The van der Waals surface area contributed by atoms with E-state index in [0.717, 1.165) is 31.5 Å². The van der Waals surface area contributed by atoms with Crippen LogP contribution in [0.15, 0.2) is 24.3 Å². The summed E-state index contributed by atoms with van der Waals surface area (Å²) >= 11 is 0. The lowest BCUT2D eigenvalue weighted by Crippen LogP contribution is -2.34. The van der Waals surface area contributed by atoms with Gasteiger partial charge in [-0.15, -0.1) is 13.2 Å². The van der Waals surface area contributed by atoms with Crippen LogP contribution in [0.3, 0.4) is 0 Å². The Labute approximate surface area is 123 Å². The molecule has 21 heavy (non-hydrogen) atoms. The Morgan fingerprint density at radius 2 is 1.81 bits per heavy atom. The SMILES string of the molecule is CCCCN(CC)C(CN)c1ccc(OC(F)(F)F)cc1. The van der Waals surface area contributed by atoms with E-state index in [1.54, 1.807) is 12.1 Å². The Hall–Kier alpha value is -1.27. The van der Waals surface area contributed by atoms with Crippen LogP contribution in [0.25, 0.3) is 0 Å². The molecule has 0 amide bonds. The maximum absolute atomic E-state index is 12.1. The van der Waals surface area contributed by atoms with Gasteiger partial charge in [-0.1, -0.05) is 32.4 Å². The maximum Gasteiger partial charge on any atom is 0.573 e. The first-order chi connectivity index (χ1) is 9.91. The van der Waals surface area contributed by atoms with Crippen LogP contribution in [0.1, 0.15) is 38.3 Å². The molecule has 6 heteroatoms.